The molecule has 0 bridgehead atoms. The highest BCUT2D eigenvalue weighted by Crippen LogP contribution is 2.34. The number of carbonyl (C=O) groups is 1. The van der Waals surface area contributed by atoms with Crippen molar-refractivity contribution in [1.82, 2.24) is 5.32 Å². The van der Waals surface area contributed by atoms with Crippen LogP contribution in [0.3, 0.4) is 0 Å². The van der Waals surface area contributed by atoms with Crippen LogP contribution in [0.4, 0.5) is 5.69 Å². The van der Waals surface area contributed by atoms with Crippen molar-refractivity contribution < 1.29 is 9.53 Å². The van der Waals surface area contributed by atoms with E-state index in [1.54, 1.807) is 12.1 Å². The van der Waals surface area contributed by atoms with Crippen molar-refractivity contribution in [1.29, 1.82) is 0 Å². The van der Waals surface area contributed by atoms with Crippen molar-refractivity contribution in [3.8, 4) is 5.75 Å². The highest BCUT2D eigenvalue weighted by molar-refractivity contribution is 5.77. The Morgan fingerprint density at radius 1 is 1.37 bits per heavy atom. The molecule has 1 aliphatic carbocycles. The molecule has 4 nitrogen and oxygen atoms in total. The number of hydrogen-bond acceptors (Lipinski definition) is 3. The van der Waals surface area contributed by atoms with Gasteiger partial charge in [0.2, 0.25) is 5.91 Å². The third-order valence-corrected chi connectivity index (χ3v) is 3.87. The second-order valence-corrected chi connectivity index (χ2v) is 5.20. The first kappa shape index (κ1) is 13.7. The van der Waals surface area contributed by atoms with Gasteiger partial charge in [0.05, 0.1) is 13.0 Å². The predicted octanol–water partition coefficient (Wildman–Crippen LogP) is 2.49. The molecule has 0 unspecified atom stereocenters. The molecule has 0 spiro atoms. The number of hydrogen-bond donors (Lipinski definition) is 2. The molecule has 0 saturated heterocycles. The van der Waals surface area contributed by atoms with Gasteiger partial charge in [-0.05, 0) is 49.9 Å². The van der Waals surface area contributed by atoms with Gasteiger partial charge in [-0.25, -0.2) is 0 Å². The zero-order valence-corrected chi connectivity index (χ0v) is 11.4. The van der Waals surface area contributed by atoms with Crippen LogP contribution in [0.1, 0.15) is 39.0 Å². The van der Waals surface area contributed by atoms with E-state index in [0.29, 0.717) is 18.7 Å². The molecular formula is C15H22N2O2. The summed E-state index contributed by atoms with van der Waals surface area (Å²) in [6, 6.07) is 7.20. The first-order chi connectivity index (χ1) is 9.13. The summed E-state index contributed by atoms with van der Waals surface area (Å²) in [6.45, 7) is 2.53. The maximum Gasteiger partial charge on any atom is 0.223 e. The van der Waals surface area contributed by atoms with Gasteiger partial charge in [-0.2, -0.15) is 0 Å². The number of carbonyl (C=O) groups excluding carboxylic acids is 1. The lowest BCUT2D eigenvalue weighted by Gasteiger charge is -2.42. The Morgan fingerprint density at radius 2 is 2.05 bits per heavy atom. The topological polar surface area (TPSA) is 64.3 Å². The maximum atomic E-state index is 11.8. The monoisotopic (exact) mass is 262 g/mol. The van der Waals surface area contributed by atoms with E-state index in [9.17, 15) is 4.79 Å². The third kappa shape index (κ3) is 3.63. The smallest absolute Gasteiger partial charge is 0.223 e. The number of anilines is 1. The number of nitrogens with one attached hydrogen (secondary N) is 1. The summed E-state index contributed by atoms with van der Waals surface area (Å²) >= 11 is 0. The molecule has 104 valence electrons. The van der Waals surface area contributed by atoms with Gasteiger partial charge in [0.25, 0.3) is 0 Å². The zero-order valence-electron chi connectivity index (χ0n) is 11.4. The van der Waals surface area contributed by atoms with Gasteiger partial charge >= 0.3 is 0 Å². The SMILES string of the molecule is CCC1(NC(=O)CCOc2ccc(N)cc2)CCC1. The van der Waals surface area contributed by atoms with E-state index in [0.717, 1.165) is 25.0 Å². The lowest BCUT2D eigenvalue weighted by Crippen LogP contribution is -2.53. The fraction of sp³-hybridized carbons (Fsp3) is 0.533. The third-order valence-electron chi connectivity index (χ3n) is 3.87. The molecule has 3 N–H and O–H groups in total. The fourth-order valence-corrected chi connectivity index (χ4v) is 2.35. The number of rotatable bonds is 6. The van der Waals surface area contributed by atoms with Gasteiger partial charge in [0, 0.05) is 11.2 Å². The quantitative estimate of drug-likeness (QED) is 0.774. The van der Waals surface area contributed by atoms with Gasteiger partial charge in [-0.3, -0.25) is 4.79 Å². The van der Waals surface area contributed by atoms with Gasteiger partial charge in [0.1, 0.15) is 5.75 Å². The summed E-state index contributed by atoms with van der Waals surface area (Å²) in [7, 11) is 0. The van der Waals surface area contributed by atoms with Crippen LogP contribution in [0.25, 0.3) is 0 Å². The average Bonchev–Trinajstić information content (AvgIpc) is 2.36. The van der Waals surface area contributed by atoms with Crippen molar-refractivity contribution in [3.63, 3.8) is 0 Å². The molecule has 0 radical (unpaired) electrons. The van der Waals surface area contributed by atoms with Gasteiger partial charge in [0.15, 0.2) is 0 Å². The Labute approximate surface area is 114 Å². The molecule has 1 amide bonds. The van der Waals surface area contributed by atoms with Crippen molar-refractivity contribution in [2.45, 2.75) is 44.6 Å². The van der Waals surface area contributed by atoms with Gasteiger partial charge in [-0.1, -0.05) is 6.92 Å². The molecule has 0 atom stereocenters. The van der Waals surface area contributed by atoms with Crippen molar-refractivity contribution >= 4 is 11.6 Å². The minimum absolute atomic E-state index is 0.0677. The van der Waals surface area contributed by atoms with Crippen molar-refractivity contribution in [3.05, 3.63) is 24.3 Å². The van der Waals surface area contributed by atoms with E-state index in [4.69, 9.17) is 10.5 Å². The van der Waals surface area contributed by atoms with Crippen LogP contribution >= 0.6 is 0 Å². The molecule has 1 fully saturated rings. The van der Waals surface area contributed by atoms with Gasteiger partial charge < -0.3 is 15.8 Å². The number of nitrogen functional groups attached to an aromatic ring is 1. The lowest BCUT2D eigenvalue weighted by atomic mass is 9.75. The fourth-order valence-electron chi connectivity index (χ4n) is 2.35. The Balaban J connectivity index is 1.70. The predicted molar refractivity (Wildman–Crippen MR) is 76.0 cm³/mol. The summed E-state index contributed by atoms with van der Waals surface area (Å²) in [5.41, 5.74) is 6.37. The van der Waals surface area contributed by atoms with Crippen LogP contribution in [-0.4, -0.2) is 18.1 Å². The molecule has 0 heterocycles. The molecule has 0 aromatic heterocycles. The molecule has 0 aliphatic heterocycles. The Hall–Kier alpha value is -1.71. The number of ether oxygens (including phenoxy) is 1. The molecule has 2 rings (SSSR count). The lowest BCUT2D eigenvalue weighted by molar-refractivity contribution is -0.124. The normalized spacial score (nSPS) is 16.5. The molecule has 1 aromatic carbocycles. The van der Waals surface area contributed by atoms with E-state index in [1.807, 2.05) is 12.1 Å². The van der Waals surface area contributed by atoms with Crippen LogP contribution < -0.4 is 15.8 Å². The highest BCUT2D eigenvalue weighted by Gasteiger charge is 2.36. The summed E-state index contributed by atoms with van der Waals surface area (Å²) in [4.78, 5) is 11.8. The minimum atomic E-state index is 0.0677. The number of benzene rings is 1. The second-order valence-electron chi connectivity index (χ2n) is 5.20. The first-order valence-electron chi connectivity index (χ1n) is 6.93. The summed E-state index contributed by atoms with van der Waals surface area (Å²) < 4.78 is 5.52. The second kappa shape index (κ2) is 5.95. The molecule has 1 saturated carbocycles. The van der Waals surface area contributed by atoms with E-state index in [2.05, 4.69) is 12.2 Å². The molecular weight excluding hydrogens is 240 g/mol. The summed E-state index contributed by atoms with van der Waals surface area (Å²) in [5, 5.41) is 3.14. The number of nitrogens with two attached hydrogens (primary N) is 1. The van der Waals surface area contributed by atoms with Crippen LogP contribution in [0.2, 0.25) is 0 Å². The maximum absolute atomic E-state index is 11.8. The number of amides is 1. The summed E-state index contributed by atoms with van der Waals surface area (Å²) in [5.74, 6) is 0.827. The summed E-state index contributed by atoms with van der Waals surface area (Å²) in [6.07, 6.45) is 4.84. The van der Waals surface area contributed by atoms with Crippen LogP contribution in [-0.2, 0) is 4.79 Å². The molecule has 1 aliphatic rings. The standard InChI is InChI=1S/C15H22N2O2/c1-2-15(9-3-10-15)17-14(18)8-11-19-13-6-4-12(16)5-7-13/h4-7H,2-3,8-11,16H2,1H3,(H,17,18). The van der Waals surface area contributed by atoms with E-state index in [-0.39, 0.29) is 11.4 Å². The Bertz CT molecular complexity index is 419. The molecule has 1 aromatic rings. The van der Waals surface area contributed by atoms with Crippen molar-refractivity contribution in [2.24, 2.45) is 0 Å². The first-order valence-corrected chi connectivity index (χ1v) is 6.93. The van der Waals surface area contributed by atoms with Crippen molar-refractivity contribution in [2.75, 3.05) is 12.3 Å². The van der Waals surface area contributed by atoms with Crippen LogP contribution in [0.5, 0.6) is 5.75 Å². The minimum Gasteiger partial charge on any atom is -0.493 e. The Kier molecular flexibility index (Phi) is 4.30. The average molecular weight is 262 g/mol. The highest BCUT2D eigenvalue weighted by atomic mass is 16.5. The Morgan fingerprint density at radius 3 is 2.58 bits per heavy atom. The molecule has 4 heteroatoms. The molecule has 19 heavy (non-hydrogen) atoms. The van der Waals surface area contributed by atoms with Gasteiger partial charge in [-0.15, -0.1) is 0 Å². The van der Waals surface area contributed by atoms with E-state index in [1.165, 1.54) is 6.42 Å². The van der Waals surface area contributed by atoms with E-state index >= 15 is 0 Å². The zero-order chi connectivity index (χ0) is 13.7. The van der Waals surface area contributed by atoms with Crippen LogP contribution in [0, 0.1) is 0 Å². The largest absolute Gasteiger partial charge is 0.493 e. The van der Waals surface area contributed by atoms with Crippen LogP contribution in [0.15, 0.2) is 24.3 Å². The van der Waals surface area contributed by atoms with E-state index < -0.39 is 0 Å².